The van der Waals surface area contributed by atoms with Crippen LogP contribution in [0.3, 0.4) is 0 Å². The van der Waals surface area contributed by atoms with E-state index in [1.165, 1.54) is 0 Å². The molecular weight excluding hydrogens is 342 g/mol. The Balaban J connectivity index is 2.16. The smallest absolute Gasteiger partial charge is 0.252 e. The lowest BCUT2D eigenvalue weighted by Crippen LogP contribution is -2.29. The number of hydrogen-bond donors (Lipinski definition) is 1. The van der Waals surface area contributed by atoms with E-state index in [0.717, 1.165) is 10.0 Å². The molecule has 1 amide bonds. The van der Waals surface area contributed by atoms with Crippen molar-refractivity contribution in [1.82, 2.24) is 5.32 Å². The number of nitrogens with one attached hydrogen (secondary N) is 1. The molecule has 2 rings (SSSR count). The van der Waals surface area contributed by atoms with Crippen molar-refractivity contribution < 1.29 is 9.59 Å². The highest BCUT2D eigenvalue weighted by Gasteiger charge is 2.15. The minimum atomic E-state index is -0.686. The van der Waals surface area contributed by atoms with Gasteiger partial charge < -0.3 is 10.1 Å². The molecule has 3 nitrogen and oxygen atoms in total. The van der Waals surface area contributed by atoms with E-state index < -0.39 is 6.04 Å². The second-order valence-electron chi connectivity index (χ2n) is 4.15. The van der Waals surface area contributed by atoms with Gasteiger partial charge in [0.2, 0.25) is 0 Å². The van der Waals surface area contributed by atoms with Gasteiger partial charge in [-0.1, -0.05) is 45.7 Å². The predicted molar refractivity (Wildman–Crippen MR) is 81.9 cm³/mol. The normalized spacial score (nSPS) is 11.7. The zero-order valence-corrected chi connectivity index (χ0v) is 12.7. The molecule has 5 heteroatoms. The molecule has 0 saturated heterocycles. The number of rotatable bonds is 4. The zero-order chi connectivity index (χ0) is 14.5. The van der Waals surface area contributed by atoms with Crippen molar-refractivity contribution in [2.75, 3.05) is 0 Å². The Bertz CT molecular complexity index is 628. The Hall–Kier alpha value is -1.65. The molecular formula is C15H11BrClNO2. The maximum atomic E-state index is 12.1. The lowest BCUT2D eigenvalue weighted by molar-refractivity contribution is -0.109. The molecule has 0 aliphatic heterocycles. The highest BCUT2D eigenvalue weighted by Crippen LogP contribution is 2.17. The first-order valence-electron chi connectivity index (χ1n) is 5.87. The Morgan fingerprint density at radius 2 is 1.90 bits per heavy atom. The predicted octanol–water partition coefficient (Wildman–Crippen LogP) is 3.77. The number of aldehydes is 1. The van der Waals surface area contributed by atoms with Gasteiger partial charge in [0.15, 0.2) is 0 Å². The first kappa shape index (κ1) is 14.8. The summed E-state index contributed by atoms with van der Waals surface area (Å²) in [6, 6.07) is 13.1. The number of amides is 1. The molecule has 0 saturated carbocycles. The summed E-state index contributed by atoms with van der Waals surface area (Å²) in [5.74, 6) is -0.340. The van der Waals surface area contributed by atoms with E-state index in [2.05, 4.69) is 21.2 Å². The second-order valence-corrected chi connectivity index (χ2v) is 5.50. The summed E-state index contributed by atoms with van der Waals surface area (Å²) in [5.41, 5.74) is 1.14. The van der Waals surface area contributed by atoms with Gasteiger partial charge in [0.1, 0.15) is 12.3 Å². The fourth-order valence-electron chi connectivity index (χ4n) is 1.72. The zero-order valence-electron chi connectivity index (χ0n) is 10.3. The van der Waals surface area contributed by atoms with Crippen LogP contribution in [0.5, 0.6) is 0 Å². The van der Waals surface area contributed by atoms with Gasteiger partial charge in [0, 0.05) is 15.1 Å². The lowest BCUT2D eigenvalue weighted by atomic mass is 10.1. The first-order chi connectivity index (χ1) is 9.60. The van der Waals surface area contributed by atoms with Crippen LogP contribution in [0.15, 0.2) is 53.0 Å². The van der Waals surface area contributed by atoms with Gasteiger partial charge in [0.05, 0.1) is 0 Å². The van der Waals surface area contributed by atoms with Crippen LogP contribution in [0, 0.1) is 0 Å². The topological polar surface area (TPSA) is 46.2 Å². The summed E-state index contributed by atoms with van der Waals surface area (Å²) in [6.07, 6.45) is 0.700. The molecule has 0 aromatic heterocycles. The van der Waals surface area contributed by atoms with Gasteiger partial charge in [-0.2, -0.15) is 0 Å². The number of hydrogen-bond acceptors (Lipinski definition) is 2. The van der Waals surface area contributed by atoms with E-state index in [4.69, 9.17) is 11.6 Å². The van der Waals surface area contributed by atoms with Crippen LogP contribution in [0.2, 0.25) is 5.02 Å². The summed E-state index contributed by atoms with van der Waals surface area (Å²) in [6.45, 7) is 0. The molecule has 0 bridgehead atoms. The maximum Gasteiger partial charge on any atom is 0.252 e. The largest absolute Gasteiger partial charge is 0.338 e. The van der Waals surface area contributed by atoms with Gasteiger partial charge in [-0.25, -0.2) is 0 Å². The number of benzene rings is 2. The Kier molecular flexibility index (Phi) is 4.93. The maximum absolute atomic E-state index is 12.1. The van der Waals surface area contributed by atoms with Crippen molar-refractivity contribution in [3.8, 4) is 0 Å². The van der Waals surface area contributed by atoms with Gasteiger partial charge in [-0.05, 0) is 35.9 Å². The standard InChI is InChI=1S/C15H11BrClNO2/c16-12-6-4-10(5-7-12)14(9-19)18-15(20)11-2-1-3-13(17)8-11/h1-9,14H,(H,18,20). The molecule has 2 aromatic rings. The van der Waals surface area contributed by atoms with E-state index in [-0.39, 0.29) is 5.91 Å². The molecule has 0 fully saturated rings. The van der Waals surface area contributed by atoms with Crippen molar-refractivity contribution >= 4 is 39.7 Å². The van der Waals surface area contributed by atoms with Crippen molar-refractivity contribution in [3.05, 3.63) is 69.2 Å². The SMILES string of the molecule is O=CC(NC(=O)c1cccc(Cl)c1)c1ccc(Br)cc1. The van der Waals surface area contributed by atoms with Gasteiger partial charge in [-0.3, -0.25) is 4.79 Å². The van der Waals surface area contributed by atoms with Crippen LogP contribution in [0.4, 0.5) is 0 Å². The molecule has 1 unspecified atom stereocenters. The van der Waals surface area contributed by atoms with Crippen LogP contribution in [0.1, 0.15) is 22.0 Å². The number of carbonyl (C=O) groups excluding carboxylic acids is 2. The van der Waals surface area contributed by atoms with Crippen molar-refractivity contribution in [2.24, 2.45) is 0 Å². The molecule has 2 aromatic carbocycles. The molecule has 0 aliphatic rings. The molecule has 1 N–H and O–H groups in total. The van der Waals surface area contributed by atoms with E-state index in [0.29, 0.717) is 16.9 Å². The number of carbonyl (C=O) groups is 2. The van der Waals surface area contributed by atoms with Crippen LogP contribution in [-0.4, -0.2) is 12.2 Å². The van der Waals surface area contributed by atoms with E-state index >= 15 is 0 Å². The average Bonchev–Trinajstić information content (AvgIpc) is 2.45. The third-order valence-corrected chi connectivity index (χ3v) is 3.50. The highest BCUT2D eigenvalue weighted by atomic mass is 79.9. The lowest BCUT2D eigenvalue weighted by Gasteiger charge is -2.13. The van der Waals surface area contributed by atoms with E-state index in [9.17, 15) is 9.59 Å². The minimum absolute atomic E-state index is 0.340. The van der Waals surface area contributed by atoms with Crippen molar-refractivity contribution in [1.29, 1.82) is 0 Å². The third kappa shape index (κ3) is 3.68. The molecule has 20 heavy (non-hydrogen) atoms. The third-order valence-electron chi connectivity index (χ3n) is 2.74. The van der Waals surface area contributed by atoms with Crippen LogP contribution >= 0.6 is 27.5 Å². The van der Waals surface area contributed by atoms with Gasteiger partial charge >= 0.3 is 0 Å². The summed E-state index contributed by atoms with van der Waals surface area (Å²) in [5, 5.41) is 3.14. The molecule has 0 aliphatic carbocycles. The molecule has 1 atom stereocenters. The Morgan fingerprint density at radius 3 is 2.50 bits per heavy atom. The Labute approximate surface area is 130 Å². The van der Waals surface area contributed by atoms with E-state index in [1.54, 1.807) is 36.4 Å². The van der Waals surface area contributed by atoms with Gasteiger partial charge in [0.25, 0.3) is 5.91 Å². The van der Waals surface area contributed by atoms with E-state index in [1.807, 2.05) is 12.1 Å². The Morgan fingerprint density at radius 1 is 1.20 bits per heavy atom. The molecule has 0 spiro atoms. The van der Waals surface area contributed by atoms with Crippen molar-refractivity contribution in [2.45, 2.75) is 6.04 Å². The first-order valence-corrected chi connectivity index (χ1v) is 7.04. The van der Waals surface area contributed by atoms with Gasteiger partial charge in [-0.15, -0.1) is 0 Å². The fourth-order valence-corrected chi connectivity index (χ4v) is 2.17. The average molecular weight is 353 g/mol. The molecule has 0 heterocycles. The summed E-state index contributed by atoms with van der Waals surface area (Å²) in [4.78, 5) is 23.2. The second kappa shape index (κ2) is 6.68. The van der Waals surface area contributed by atoms with Crippen LogP contribution in [-0.2, 0) is 4.79 Å². The summed E-state index contributed by atoms with van der Waals surface area (Å²) < 4.78 is 0.909. The van der Waals surface area contributed by atoms with Crippen LogP contribution < -0.4 is 5.32 Å². The number of halogens is 2. The van der Waals surface area contributed by atoms with Crippen molar-refractivity contribution in [3.63, 3.8) is 0 Å². The molecule has 102 valence electrons. The van der Waals surface area contributed by atoms with Crippen LogP contribution in [0.25, 0.3) is 0 Å². The summed E-state index contributed by atoms with van der Waals surface area (Å²) >= 11 is 9.16. The summed E-state index contributed by atoms with van der Waals surface area (Å²) in [7, 11) is 0. The highest BCUT2D eigenvalue weighted by molar-refractivity contribution is 9.10. The fraction of sp³-hybridized carbons (Fsp3) is 0.0667. The minimum Gasteiger partial charge on any atom is -0.338 e. The molecule has 0 radical (unpaired) electrons. The quantitative estimate of drug-likeness (QED) is 0.851. The monoisotopic (exact) mass is 351 g/mol.